The molecule has 17 heavy (non-hydrogen) atoms. The molecule has 1 aromatic rings. The zero-order valence-electron chi connectivity index (χ0n) is 10.3. The highest BCUT2D eigenvalue weighted by Gasteiger charge is 2.21. The second-order valence-corrected chi connectivity index (χ2v) is 6.19. The molecule has 0 amide bonds. The number of primary sulfonamides is 1. The van der Waals surface area contributed by atoms with Gasteiger partial charge in [-0.3, -0.25) is 0 Å². The van der Waals surface area contributed by atoms with Crippen molar-refractivity contribution in [2.45, 2.75) is 37.7 Å². The Morgan fingerprint density at radius 3 is 1.88 bits per heavy atom. The maximum atomic E-state index is 11.1. The summed E-state index contributed by atoms with van der Waals surface area (Å²) in [6, 6.07) is 6.36. The molecular weight excluding hydrogens is 238 g/mol. The molecule has 2 atom stereocenters. The summed E-state index contributed by atoms with van der Waals surface area (Å²) in [5, 5.41) is 14.7. The third-order valence-corrected chi connectivity index (χ3v) is 3.76. The van der Waals surface area contributed by atoms with Crippen LogP contribution in [0.5, 0.6) is 0 Å². The van der Waals surface area contributed by atoms with Gasteiger partial charge in [0.2, 0.25) is 10.0 Å². The highest BCUT2D eigenvalue weighted by molar-refractivity contribution is 7.89. The van der Waals surface area contributed by atoms with Gasteiger partial charge in [-0.15, -0.1) is 0 Å². The Hall–Kier alpha value is -0.910. The molecule has 0 radical (unpaired) electrons. The van der Waals surface area contributed by atoms with Crippen molar-refractivity contribution in [3.63, 3.8) is 0 Å². The van der Waals surface area contributed by atoms with Crippen molar-refractivity contribution in [2.24, 2.45) is 11.1 Å². The molecule has 0 aliphatic rings. The van der Waals surface area contributed by atoms with Crippen molar-refractivity contribution < 1.29 is 13.5 Å². The number of hydrogen-bond acceptors (Lipinski definition) is 3. The van der Waals surface area contributed by atoms with Crippen LogP contribution in [0, 0.1) is 5.92 Å². The second kappa shape index (κ2) is 5.16. The van der Waals surface area contributed by atoms with Crippen molar-refractivity contribution in [2.75, 3.05) is 0 Å². The van der Waals surface area contributed by atoms with Crippen LogP contribution in [-0.2, 0) is 10.0 Å². The van der Waals surface area contributed by atoms with E-state index in [9.17, 15) is 13.5 Å². The zero-order chi connectivity index (χ0) is 13.2. The summed E-state index contributed by atoms with van der Waals surface area (Å²) in [6.07, 6.45) is -0.477. The normalized spacial score (nSPS) is 15.9. The molecule has 4 nitrogen and oxygen atoms in total. The summed E-state index contributed by atoms with van der Waals surface area (Å²) in [7, 11) is -3.65. The topological polar surface area (TPSA) is 80.4 Å². The van der Waals surface area contributed by atoms with Crippen molar-refractivity contribution >= 4 is 10.0 Å². The Balaban J connectivity index is 3.09. The number of hydrogen-bond donors (Lipinski definition) is 2. The van der Waals surface area contributed by atoms with Gasteiger partial charge in [0.15, 0.2) is 0 Å². The van der Waals surface area contributed by atoms with Crippen molar-refractivity contribution in [1.29, 1.82) is 0 Å². The van der Waals surface area contributed by atoms with Crippen LogP contribution in [0.3, 0.4) is 0 Å². The minimum absolute atomic E-state index is 0.00970. The Labute approximate surface area is 103 Å². The van der Waals surface area contributed by atoms with Gasteiger partial charge in [0.1, 0.15) is 0 Å². The Morgan fingerprint density at radius 1 is 1.12 bits per heavy atom. The maximum absolute atomic E-state index is 11.1. The number of aliphatic hydroxyl groups excluding tert-OH is 1. The van der Waals surface area contributed by atoms with Crippen LogP contribution in [0.25, 0.3) is 0 Å². The molecule has 0 saturated carbocycles. The highest BCUT2D eigenvalue weighted by Crippen LogP contribution is 2.28. The third kappa shape index (κ3) is 3.52. The third-order valence-electron chi connectivity index (χ3n) is 2.83. The monoisotopic (exact) mass is 257 g/mol. The molecule has 0 aromatic heterocycles. The number of nitrogens with two attached hydrogens (primary N) is 1. The van der Waals surface area contributed by atoms with E-state index in [0.717, 1.165) is 5.56 Å². The minimum Gasteiger partial charge on any atom is -0.393 e. The molecule has 0 aliphatic heterocycles. The van der Waals surface area contributed by atoms with Crippen molar-refractivity contribution in [1.82, 2.24) is 0 Å². The molecular formula is C12H19NO3S. The van der Waals surface area contributed by atoms with Gasteiger partial charge in [-0.1, -0.05) is 26.0 Å². The fourth-order valence-corrected chi connectivity index (χ4v) is 2.62. The first-order chi connectivity index (χ1) is 7.73. The van der Waals surface area contributed by atoms with E-state index in [0.29, 0.717) is 0 Å². The summed E-state index contributed by atoms with van der Waals surface area (Å²) in [4.78, 5) is 0.0920. The van der Waals surface area contributed by atoms with Gasteiger partial charge in [0.25, 0.3) is 0 Å². The van der Waals surface area contributed by atoms with Gasteiger partial charge in [-0.05, 0) is 30.5 Å². The predicted octanol–water partition coefficient (Wildman–Crippen LogP) is 1.45. The van der Waals surface area contributed by atoms with Crippen molar-refractivity contribution in [3.05, 3.63) is 29.8 Å². The lowest BCUT2D eigenvalue weighted by molar-refractivity contribution is 0.140. The Bertz CT molecular complexity index is 455. The average Bonchev–Trinajstić information content (AvgIpc) is 2.15. The van der Waals surface area contributed by atoms with E-state index in [1.807, 2.05) is 13.8 Å². The molecule has 0 fully saturated rings. The molecule has 0 saturated heterocycles. The van der Waals surface area contributed by atoms with E-state index in [-0.39, 0.29) is 16.7 Å². The van der Waals surface area contributed by atoms with E-state index >= 15 is 0 Å². The molecule has 0 spiro atoms. The molecule has 3 N–H and O–H groups in total. The summed E-state index contributed by atoms with van der Waals surface area (Å²) in [6.45, 7) is 5.77. The average molecular weight is 257 g/mol. The van der Waals surface area contributed by atoms with Gasteiger partial charge in [-0.25, -0.2) is 13.6 Å². The van der Waals surface area contributed by atoms with Crippen LogP contribution in [0.4, 0.5) is 0 Å². The number of rotatable bonds is 4. The minimum atomic E-state index is -3.65. The molecule has 0 aliphatic carbocycles. The molecule has 5 heteroatoms. The molecule has 0 bridgehead atoms. The van der Waals surface area contributed by atoms with Gasteiger partial charge in [-0.2, -0.15) is 0 Å². The lowest BCUT2D eigenvalue weighted by atomic mass is 9.85. The predicted molar refractivity (Wildman–Crippen MR) is 67.1 cm³/mol. The van der Waals surface area contributed by atoms with Gasteiger partial charge in [0, 0.05) is 5.92 Å². The van der Waals surface area contributed by atoms with Crippen LogP contribution in [0.2, 0.25) is 0 Å². The van der Waals surface area contributed by atoms with E-state index in [1.54, 1.807) is 19.1 Å². The Morgan fingerprint density at radius 2 is 1.59 bits per heavy atom. The lowest BCUT2D eigenvalue weighted by Gasteiger charge is -2.24. The summed E-state index contributed by atoms with van der Waals surface area (Å²) in [5.74, 6) is 0.264. The quantitative estimate of drug-likeness (QED) is 0.856. The molecule has 96 valence electrons. The number of benzene rings is 1. The SMILES string of the molecule is CC(C)C(c1ccc(S(N)(=O)=O)cc1)C(C)O. The smallest absolute Gasteiger partial charge is 0.238 e. The van der Waals surface area contributed by atoms with Gasteiger partial charge in [0.05, 0.1) is 11.0 Å². The summed E-state index contributed by atoms with van der Waals surface area (Å²) >= 11 is 0. The first kappa shape index (κ1) is 14.2. The largest absolute Gasteiger partial charge is 0.393 e. The van der Waals surface area contributed by atoms with E-state index in [2.05, 4.69) is 0 Å². The zero-order valence-corrected chi connectivity index (χ0v) is 11.1. The fraction of sp³-hybridized carbons (Fsp3) is 0.500. The number of aliphatic hydroxyl groups is 1. The first-order valence-corrected chi connectivity index (χ1v) is 7.09. The first-order valence-electron chi connectivity index (χ1n) is 5.54. The molecule has 2 unspecified atom stereocenters. The standard InChI is InChI=1S/C12H19NO3S/c1-8(2)12(9(3)14)10-4-6-11(7-5-10)17(13,15)16/h4-9,12,14H,1-3H3,(H2,13,15,16). The maximum Gasteiger partial charge on any atom is 0.238 e. The molecule has 1 aromatic carbocycles. The van der Waals surface area contributed by atoms with Crippen LogP contribution in [-0.4, -0.2) is 19.6 Å². The van der Waals surface area contributed by atoms with Crippen molar-refractivity contribution in [3.8, 4) is 0 Å². The summed E-state index contributed by atoms with van der Waals surface area (Å²) < 4.78 is 22.2. The molecule has 1 rings (SSSR count). The van der Waals surface area contributed by atoms with Gasteiger partial charge >= 0.3 is 0 Å². The van der Waals surface area contributed by atoms with Gasteiger partial charge < -0.3 is 5.11 Å². The van der Waals surface area contributed by atoms with Crippen LogP contribution >= 0.6 is 0 Å². The van der Waals surface area contributed by atoms with Crippen LogP contribution < -0.4 is 5.14 Å². The van der Waals surface area contributed by atoms with Crippen LogP contribution in [0.15, 0.2) is 29.2 Å². The van der Waals surface area contributed by atoms with Crippen LogP contribution in [0.1, 0.15) is 32.3 Å². The van der Waals surface area contributed by atoms with E-state index in [1.165, 1.54) is 12.1 Å². The fourth-order valence-electron chi connectivity index (χ4n) is 2.10. The summed E-state index contributed by atoms with van der Waals surface area (Å²) in [5.41, 5.74) is 0.919. The highest BCUT2D eigenvalue weighted by atomic mass is 32.2. The van der Waals surface area contributed by atoms with E-state index < -0.39 is 16.1 Å². The number of sulfonamides is 1. The lowest BCUT2D eigenvalue weighted by Crippen LogP contribution is -2.20. The van der Waals surface area contributed by atoms with E-state index in [4.69, 9.17) is 5.14 Å². The molecule has 0 heterocycles. The second-order valence-electron chi connectivity index (χ2n) is 4.62. The Kier molecular flexibility index (Phi) is 4.30.